The summed E-state index contributed by atoms with van der Waals surface area (Å²) in [5.41, 5.74) is 4.27. The predicted octanol–water partition coefficient (Wildman–Crippen LogP) is 4.97. The first-order valence-corrected chi connectivity index (χ1v) is 12.7. The van der Waals surface area contributed by atoms with Crippen molar-refractivity contribution in [3.8, 4) is 23.1 Å². The van der Waals surface area contributed by atoms with Crippen LogP contribution in [0.4, 0.5) is 10.5 Å². The minimum absolute atomic E-state index is 0.184. The zero-order valence-electron chi connectivity index (χ0n) is 20.4. The molecule has 0 atom stereocenters. The molecule has 0 aliphatic heterocycles. The molecular weight excluding hydrogens is 440 g/mol. The first-order valence-electron chi connectivity index (χ1n) is 12.7. The van der Waals surface area contributed by atoms with Crippen molar-refractivity contribution in [2.75, 3.05) is 18.5 Å². The normalized spacial score (nSPS) is 15.6. The van der Waals surface area contributed by atoms with E-state index in [1.165, 1.54) is 19.3 Å². The highest BCUT2D eigenvalue weighted by molar-refractivity contribution is 5.96. The lowest BCUT2D eigenvalue weighted by Gasteiger charge is -2.30. The third-order valence-corrected chi connectivity index (χ3v) is 6.78. The number of nitrogens with zero attached hydrogens (tertiary/aromatic N) is 2. The fraction of sp³-hybridized carbons (Fsp3) is 0.429. The summed E-state index contributed by atoms with van der Waals surface area (Å²) in [6.45, 7) is 5.27. The first-order chi connectivity index (χ1) is 17.0. The highest BCUT2D eigenvalue weighted by Crippen LogP contribution is 2.43. The standard InChI is InChI=1S/C28H32N4O3/c1-18(2)35-28(33)31-21-8-6-19(7-9-21)27-25(17-29)24-13-12-23(34-15-14-30-20-10-11-20)16-26(24)32(27)22-4-3-5-22/h6-9,12-13,16,18,20,22,30H,3-5,10-11,14-15H2,1-2H3,(H,31,33)/p+1. The largest absolute Gasteiger partial charge is 0.488 e. The molecule has 0 saturated heterocycles. The van der Waals surface area contributed by atoms with Gasteiger partial charge in [0.1, 0.15) is 25.0 Å². The Morgan fingerprint density at radius 3 is 2.57 bits per heavy atom. The molecule has 7 heteroatoms. The number of benzene rings is 2. The number of hydrogen-bond donors (Lipinski definition) is 2. The number of amides is 1. The van der Waals surface area contributed by atoms with Crippen molar-refractivity contribution in [1.82, 2.24) is 4.57 Å². The number of nitriles is 1. The van der Waals surface area contributed by atoms with E-state index in [9.17, 15) is 10.1 Å². The van der Waals surface area contributed by atoms with Crippen molar-refractivity contribution in [3.05, 3.63) is 48.0 Å². The van der Waals surface area contributed by atoms with Gasteiger partial charge < -0.3 is 19.4 Å². The number of fused-ring (bicyclic) bond motifs is 1. The van der Waals surface area contributed by atoms with Crippen molar-refractivity contribution in [2.24, 2.45) is 0 Å². The summed E-state index contributed by atoms with van der Waals surface area (Å²) < 4.78 is 13.6. The van der Waals surface area contributed by atoms with Gasteiger partial charge in [0.25, 0.3) is 0 Å². The molecule has 0 spiro atoms. The second-order valence-corrected chi connectivity index (χ2v) is 9.84. The van der Waals surface area contributed by atoms with E-state index in [0.717, 1.165) is 53.3 Å². The average molecular weight is 474 g/mol. The van der Waals surface area contributed by atoms with Crippen molar-refractivity contribution in [3.63, 3.8) is 0 Å². The molecule has 0 bridgehead atoms. The van der Waals surface area contributed by atoms with Gasteiger partial charge in [0.05, 0.1) is 28.9 Å². The van der Waals surface area contributed by atoms with Gasteiger partial charge in [-0.05, 0) is 62.9 Å². The molecule has 0 unspecified atom stereocenters. The summed E-state index contributed by atoms with van der Waals surface area (Å²) in [6, 6.07) is 17.3. The number of carbonyl (C=O) groups excluding carboxylic acids is 1. The van der Waals surface area contributed by atoms with Crippen molar-refractivity contribution in [2.45, 2.75) is 64.1 Å². The van der Waals surface area contributed by atoms with Gasteiger partial charge in [-0.25, -0.2) is 4.79 Å². The molecule has 2 fully saturated rings. The van der Waals surface area contributed by atoms with Gasteiger partial charge in [-0.1, -0.05) is 12.1 Å². The van der Waals surface area contributed by atoms with Crippen molar-refractivity contribution in [1.29, 1.82) is 5.26 Å². The monoisotopic (exact) mass is 473 g/mol. The van der Waals surface area contributed by atoms with Crippen LogP contribution < -0.4 is 15.4 Å². The van der Waals surface area contributed by atoms with Crippen LogP contribution in [-0.2, 0) is 4.74 Å². The molecule has 2 saturated carbocycles. The van der Waals surface area contributed by atoms with Crippen LogP contribution in [0.2, 0.25) is 0 Å². The van der Waals surface area contributed by atoms with Gasteiger partial charge in [0, 0.05) is 36.0 Å². The summed E-state index contributed by atoms with van der Waals surface area (Å²) in [6.07, 6.45) is 5.37. The Morgan fingerprint density at radius 2 is 1.94 bits per heavy atom. The van der Waals surface area contributed by atoms with Crippen LogP contribution in [0.25, 0.3) is 22.2 Å². The second kappa shape index (κ2) is 10.0. The van der Waals surface area contributed by atoms with Crippen molar-refractivity contribution < 1.29 is 19.6 Å². The van der Waals surface area contributed by atoms with Crippen LogP contribution in [0.15, 0.2) is 42.5 Å². The summed E-state index contributed by atoms with van der Waals surface area (Å²) in [5.74, 6) is 0.846. The highest BCUT2D eigenvalue weighted by Gasteiger charge is 2.28. The lowest BCUT2D eigenvalue weighted by Crippen LogP contribution is -2.87. The maximum atomic E-state index is 12.0. The number of quaternary nitrogens is 1. The third-order valence-electron chi connectivity index (χ3n) is 6.78. The molecule has 2 aliphatic rings. The van der Waals surface area contributed by atoms with E-state index in [1.54, 1.807) is 0 Å². The van der Waals surface area contributed by atoms with Gasteiger partial charge in [-0.2, -0.15) is 5.26 Å². The number of anilines is 1. The lowest BCUT2D eigenvalue weighted by atomic mass is 9.92. The van der Waals surface area contributed by atoms with Crippen molar-refractivity contribution >= 4 is 22.7 Å². The molecule has 1 aromatic heterocycles. The highest BCUT2D eigenvalue weighted by atomic mass is 16.6. The summed E-state index contributed by atoms with van der Waals surface area (Å²) in [7, 11) is 0. The molecule has 182 valence electrons. The number of nitrogens with one attached hydrogen (secondary N) is 1. The number of nitrogens with two attached hydrogens (primary N) is 1. The van der Waals surface area contributed by atoms with E-state index in [1.807, 2.05) is 50.2 Å². The SMILES string of the molecule is CC(C)OC(=O)Nc1ccc(-c2c(C#N)c3ccc(OCC[NH2+]C4CC4)cc3n2C2CCC2)cc1. The Bertz CT molecular complexity index is 1250. The Balaban J connectivity index is 1.45. The molecule has 1 amide bonds. The molecule has 35 heavy (non-hydrogen) atoms. The Kier molecular flexibility index (Phi) is 6.65. The number of aromatic nitrogens is 1. The van der Waals surface area contributed by atoms with Gasteiger partial charge >= 0.3 is 6.09 Å². The minimum atomic E-state index is -0.476. The Hall–Kier alpha value is -3.50. The van der Waals surface area contributed by atoms with Crippen LogP contribution >= 0.6 is 0 Å². The Morgan fingerprint density at radius 1 is 1.17 bits per heavy atom. The van der Waals surface area contributed by atoms with E-state index < -0.39 is 6.09 Å². The molecule has 2 aliphatic carbocycles. The average Bonchev–Trinajstić information content (AvgIpc) is 3.57. The molecule has 2 aromatic carbocycles. The quantitative estimate of drug-likeness (QED) is 0.429. The van der Waals surface area contributed by atoms with Crippen LogP contribution in [0.3, 0.4) is 0 Å². The van der Waals surface area contributed by atoms with Crippen LogP contribution in [0.1, 0.15) is 57.6 Å². The molecule has 0 radical (unpaired) electrons. The summed E-state index contributed by atoms with van der Waals surface area (Å²) >= 11 is 0. The maximum absolute atomic E-state index is 12.0. The zero-order valence-corrected chi connectivity index (χ0v) is 20.4. The van der Waals surface area contributed by atoms with Crippen LogP contribution in [0.5, 0.6) is 5.75 Å². The smallest absolute Gasteiger partial charge is 0.411 e. The first kappa shape index (κ1) is 23.3. The molecule has 5 rings (SSSR count). The third kappa shape index (κ3) is 5.13. The fourth-order valence-electron chi connectivity index (χ4n) is 4.69. The lowest BCUT2D eigenvalue weighted by molar-refractivity contribution is -0.668. The molecule has 7 nitrogen and oxygen atoms in total. The zero-order chi connectivity index (χ0) is 24.4. The summed E-state index contributed by atoms with van der Waals surface area (Å²) in [4.78, 5) is 12.0. The molecule has 3 N–H and O–H groups in total. The summed E-state index contributed by atoms with van der Waals surface area (Å²) in [5, 5.41) is 16.2. The topological polar surface area (TPSA) is 92.9 Å². The fourth-order valence-corrected chi connectivity index (χ4v) is 4.69. The second-order valence-electron chi connectivity index (χ2n) is 9.84. The number of hydrogen-bond acceptors (Lipinski definition) is 4. The minimum Gasteiger partial charge on any atom is -0.488 e. The van der Waals surface area contributed by atoms with E-state index in [4.69, 9.17) is 9.47 Å². The van der Waals surface area contributed by atoms with Gasteiger partial charge in [0.2, 0.25) is 0 Å². The number of ether oxygens (including phenoxy) is 2. The van der Waals surface area contributed by atoms with E-state index in [-0.39, 0.29) is 6.10 Å². The maximum Gasteiger partial charge on any atom is 0.411 e. The van der Waals surface area contributed by atoms with E-state index in [0.29, 0.717) is 23.9 Å². The van der Waals surface area contributed by atoms with Crippen LogP contribution in [0, 0.1) is 11.3 Å². The molecule has 1 heterocycles. The van der Waals surface area contributed by atoms with Gasteiger partial charge in [0.15, 0.2) is 0 Å². The molecular formula is C28H33N4O3+. The van der Waals surface area contributed by atoms with Gasteiger partial charge in [-0.15, -0.1) is 0 Å². The van der Waals surface area contributed by atoms with Crippen LogP contribution in [-0.4, -0.2) is 36.0 Å². The number of rotatable bonds is 9. The molecule has 3 aromatic rings. The Labute approximate surface area is 206 Å². The number of carbonyl (C=O) groups is 1. The van der Waals surface area contributed by atoms with E-state index >= 15 is 0 Å². The van der Waals surface area contributed by atoms with Gasteiger partial charge in [-0.3, -0.25) is 5.32 Å². The van der Waals surface area contributed by atoms with E-state index in [2.05, 4.69) is 27.3 Å². The predicted molar refractivity (Wildman–Crippen MR) is 136 cm³/mol.